The van der Waals surface area contributed by atoms with Crippen molar-refractivity contribution in [3.63, 3.8) is 0 Å². The van der Waals surface area contributed by atoms with E-state index in [4.69, 9.17) is 11.5 Å². The standard InChI is InChI=1S/C12H20N4O/c1-7-3-5-9(6-4-7)16-11(12(14)17)10(13)8(2)15-16/h7,9H,3-6,13H2,1-2H3,(H2,14,17)/t7-,9+. The monoisotopic (exact) mass is 236 g/mol. The molecule has 1 fully saturated rings. The van der Waals surface area contributed by atoms with E-state index in [0.29, 0.717) is 17.1 Å². The van der Waals surface area contributed by atoms with Crippen molar-refractivity contribution < 1.29 is 4.79 Å². The maximum absolute atomic E-state index is 11.4. The van der Waals surface area contributed by atoms with E-state index in [1.807, 2.05) is 6.92 Å². The lowest BCUT2D eigenvalue weighted by Gasteiger charge is -2.27. The van der Waals surface area contributed by atoms with E-state index in [1.165, 1.54) is 12.8 Å². The van der Waals surface area contributed by atoms with Gasteiger partial charge in [0.25, 0.3) is 5.91 Å². The number of hydrogen-bond donors (Lipinski definition) is 2. The number of rotatable bonds is 2. The minimum atomic E-state index is -0.485. The Labute approximate surface area is 101 Å². The van der Waals surface area contributed by atoms with Gasteiger partial charge in [0.1, 0.15) is 5.69 Å². The lowest BCUT2D eigenvalue weighted by Crippen LogP contribution is -2.25. The molecule has 1 amide bonds. The summed E-state index contributed by atoms with van der Waals surface area (Å²) in [6.45, 7) is 4.07. The van der Waals surface area contributed by atoms with Crippen LogP contribution < -0.4 is 11.5 Å². The Hall–Kier alpha value is -1.52. The summed E-state index contributed by atoms with van der Waals surface area (Å²) >= 11 is 0. The Morgan fingerprint density at radius 3 is 2.47 bits per heavy atom. The molecule has 1 aliphatic rings. The van der Waals surface area contributed by atoms with Crippen LogP contribution in [-0.2, 0) is 0 Å². The third-order valence-electron chi connectivity index (χ3n) is 3.70. The van der Waals surface area contributed by atoms with E-state index in [-0.39, 0.29) is 6.04 Å². The average Bonchev–Trinajstić information content (AvgIpc) is 2.56. The minimum absolute atomic E-state index is 0.268. The molecule has 1 heterocycles. The van der Waals surface area contributed by atoms with Crippen LogP contribution in [0.4, 0.5) is 5.69 Å². The zero-order valence-electron chi connectivity index (χ0n) is 10.4. The number of anilines is 1. The van der Waals surface area contributed by atoms with Crippen molar-refractivity contribution in [2.24, 2.45) is 11.7 Å². The fourth-order valence-electron chi connectivity index (χ4n) is 2.56. The number of nitrogens with zero attached hydrogens (tertiary/aromatic N) is 2. The molecule has 0 spiro atoms. The number of aryl methyl sites for hydroxylation is 1. The van der Waals surface area contributed by atoms with Crippen LogP contribution in [0.3, 0.4) is 0 Å². The summed E-state index contributed by atoms with van der Waals surface area (Å²) in [5.74, 6) is 0.277. The van der Waals surface area contributed by atoms with Gasteiger partial charge in [-0.3, -0.25) is 9.48 Å². The highest BCUT2D eigenvalue weighted by atomic mass is 16.1. The molecule has 0 radical (unpaired) electrons. The van der Waals surface area contributed by atoms with Crippen LogP contribution in [-0.4, -0.2) is 15.7 Å². The molecule has 1 aromatic rings. The van der Waals surface area contributed by atoms with Gasteiger partial charge in [0.15, 0.2) is 0 Å². The molecule has 2 rings (SSSR count). The summed E-state index contributed by atoms with van der Waals surface area (Å²) in [5, 5.41) is 4.37. The largest absolute Gasteiger partial charge is 0.395 e. The topological polar surface area (TPSA) is 86.9 Å². The van der Waals surface area contributed by atoms with Gasteiger partial charge < -0.3 is 11.5 Å². The second-order valence-electron chi connectivity index (χ2n) is 5.07. The first kappa shape index (κ1) is 12.0. The number of nitrogens with two attached hydrogens (primary N) is 2. The predicted octanol–water partition coefficient (Wildman–Crippen LogP) is 1.62. The van der Waals surface area contributed by atoms with Gasteiger partial charge in [-0.2, -0.15) is 5.10 Å². The third-order valence-corrected chi connectivity index (χ3v) is 3.70. The zero-order valence-corrected chi connectivity index (χ0v) is 10.4. The summed E-state index contributed by atoms with van der Waals surface area (Å²) in [4.78, 5) is 11.4. The number of primary amides is 1. The lowest BCUT2D eigenvalue weighted by atomic mass is 9.87. The molecule has 94 valence electrons. The first-order valence-corrected chi connectivity index (χ1v) is 6.15. The van der Waals surface area contributed by atoms with Crippen LogP contribution in [0, 0.1) is 12.8 Å². The van der Waals surface area contributed by atoms with Crippen LogP contribution in [0.1, 0.15) is 54.8 Å². The highest BCUT2D eigenvalue weighted by molar-refractivity contribution is 5.96. The quantitative estimate of drug-likeness (QED) is 0.818. The van der Waals surface area contributed by atoms with Crippen LogP contribution in [0.2, 0.25) is 0 Å². The molecular weight excluding hydrogens is 216 g/mol. The second-order valence-corrected chi connectivity index (χ2v) is 5.07. The molecule has 1 aromatic heterocycles. The van der Waals surface area contributed by atoms with E-state index < -0.39 is 5.91 Å². The Bertz CT molecular complexity index is 430. The normalized spacial score (nSPS) is 24.8. The molecule has 1 aliphatic carbocycles. The van der Waals surface area contributed by atoms with Crippen molar-refractivity contribution in [2.75, 3.05) is 5.73 Å². The number of amides is 1. The van der Waals surface area contributed by atoms with Gasteiger partial charge in [0.05, 0.1) is 17.4 Å². The fourth-order valence-corrected chi connectivity index (χ4v) is 2.56. The smallest absolute Gasteiger partial charge is 0.269 e. The molecular formula is C12H20N4O. The molecule has 5 nitrogen and oxygen atoms in total. The van der Waals surface area contributed by atoms with Crippen molar-refractivity contribution in [2.45, 2.75) is 45.6 Å². The highest BCUT2D eigenvalue weighted by Gasteiger charge is 2.26. The first-order valence-electron chi connectivity index (χ1n) is 6.15. The van der Waals surface area contributed by atoms with E-state index in [0.717, 1.165) is 18.8 Å². The predicted molar refractivity (Wildman–Crippen MR) is 66.6 cm³/mol. The van der Waals surface area contributed by atoms with Crippen molar-refractivity contribution in [3.8, 4) is 0 Å². The van der Waals surface area contributed by atoms with Crippen LogP contribution >= 0.6 is 0 Å². The number of aromatic nitrogens is 2. The number of nitrogen functional groups attached to an aromatic ring is 1. The minimum Gasteiger partial charge on any atom is -0.395 e. The average molecular weight is 236 g/mol. The van der Waals surface area contributed by atoms with Crippen molar-refractivity contribution in [3.05, 3.63) is 11.4 Å². The maximum Gasteiger partial charge on any atom is 0.269 e. The molecule has 0 bridgehead atoms. The Morgan fingerprint density at radius 2 is 1.94 bits per heavy atom. The van der Waals surface area contributed by atoms with Crippen molar-refractivity contribution >= 4 is 11.6 Å². The van der Waals surface area contributed by atoms with Gasteiger partial charge in [-0.05, 0) is 38.5 Å². The molecule has 0 unspecified atom stereocenters. The van der Waals surface area contributed by atoms with Crippen LogP contribution in [0.5, 0.6) is 0 Å². The van der Waals surface area contributed by atoms with Crippen LogP contribution in [0.15, 0.2) is 0 Å². The third kappa shape index (κ3) is 2.14. The first-order chi connectivity index (χ1) is 8.00. The fraction of sp³-hybridized carbons (Fsp3) is 0.667. The van der Waals surface area contributed by atoms with Gasteiger partial charge >= 0.3 is 0 Å². The van der Waals surface area contributed by atoms with Gasteiger partial charge in [-0.15, -0.1) is 0 Å². The molecule has 0 atom stereocenters. The number of carbonyl (C=O) groups excluding carboxylic acids is 1. The van der Waals surface area contributed by atoms with Gasteiger partial charge in [0, 0.05) is 0 Å². The highest BCUT2D eigenvalue weighted by Crippen LogP contribution is 2.33. The van der Waals surface area contributed by atoms with Gasteiger partial charge in [-0.25, -0.2) is 0 Å². The summed E-state index contributed by atoms with van der Waals surface area (Å²) < 4.78 is 1.75. The Morgan fingerprint density at radius 1 is 1.35 bits per heavy atom. The van der Waals surface area contributed by atoms with E-state index in [1.54, 1.807) is 4.68 Å². The Balaban J connectivity index is 2.32. The molecule has 0 saturated heterocycles. The maximum atomic E-state index is 11.4. The van der Waals surface area contributed by atoms with Gasteiger partial charge in [0.2, 0.25) is 0 Å². The molecule has 0 aliphatic heterocycles. The van der Waals surface area contributed by atoms with E-state index in [2.05, 4.69) is 12.0 Å². The summed E-state index contributed by atoms with van der Waals surface area (Å²) in [6.07, 6.45) is 4.42. The van der Waals surface area contributed by atoms with E-state index >= 15 is 0 Å². The summed E-state index contributed by atoms with van der Waals surface area (Å²) in [5.41, 5.74) is 12.7. The molecule has 5 heteroatoms. The van der Waals surface area contributed by atoms with Gasteiger partial charge in [-0.1, -0.05) is 6.92 Å². The summed E-state index contributed by atoms with van der Waals surface area (Å²) in [6, 6.07) is 0.268. The lowest BCUT2D eigenvalue weighted by molar-refractivity contribution is 0.0985. The molecule has 0 aromatic carbocycles. The molecule has 1 saturated carbocycles. The van der Waals surface area contributed by atoms with Crippen molar-refractivity contribution in [1.82, 2.24) is 9.78 Å². The van der Waals surface area contributed by atoms with Crippen LogP contribution in [0.25, 0.3) is 0 Å². The zero-order chi connectivity index (χ0) is 12.6. The van der Waals surface area contributed by atoms with Crippen molar-refractivity contribution in [1.29, 1.82) is 0 Å². The SMILES string of the molecule is Cc1nn([C@H]2CC[C@@H](C)CC2)c(C(N)=O)c1N. The molecule has 4 N–H and O–H groups in total. The summed E-state index contributed by atoms with van der Waals surface area (Å²) in [7, 11) is 0. The number of hydrogen-bond acceptors (Lipinski definition) is 3. The Kier molecular flexibility index (Phi) is 3.09. The molecule has 17 heavy (non-hydrogen) atoms. The number of carbonyl (C=O) groups is 1. The van der Waals surface area contributed by atoms with E-state index in [9.17, 15) is 4.79 Å². The second kappa shape index (κ2) is 4.39.